The maximum atomic E-state index is 12.5. The van der Waals surface area contributed by atoms with Gasteiger partial charge in [0.15, 0.2) is 11.5 Å². The molecule has 0 bridgehead atoms. The summed E-state index contributed by atoms with van der Waals surface area (Å²) in [5.74, 6) is 1.44. The molecule has 6 heteroatoms. The highest BCUT2D eigenvalue weighted by Gasteiger charge is 2.24. The molecule has 2 amide bonds. The average molecular weight is 396 g/mol. The number of likely N-dealkylation sites (tertiary alicyclic amines) is 1. The first kappa shape index (κ1) is 20.7. The Bertz CT molecular complexity index is 830. The van der Waals surface area contributed by atoms with E-state index >= 15 is 0 Å². The zero-order chi connectivity index (χ0) is 20.6. The molecule has 0 atom stereocenters. The lowest BCUT2D eigenvalue weighted by atomic mass is 10.0. The first-order valence-corrected chi connectivity index (χ1v) is 9.95. The van der Waals surface area contributed by atoms with E-state index in [4.69, 9.17) is 9.47 Å². The summed E-state index contributed by atoms with van der Waals surface area (Å²) >= 11 is 0. The second-order valence-corrected chi connectivity index (χ2v) is 7.19. The predicted octanol–water partition coefficient (Wildman–Crippen LogP) is 3.06. The molecule has 0 aromatic heterocycles. The van der Waals surface area contributed by atoms with E-state index in [1.54, 1.807) is 14.2 Å². The molecule has 0 aliphatic carbocycles. The number of amides is 2. The number of methoxy groups -OCH3 is 2. The van der Waals surface area contributed by atoms with Crippen LogP contribution in [0.15, 0.2) is 48.5 Å². The minimum atomic E-state index is 0.0348. The fourth-order valence-electron chi connectivity index (χ4n) is 3.58. The lowest BCUT2D eigenvalue weighted by Gasteiger charge is -2.32. The standard InChI is InChI=1S/C23H28N2O4/c1-28-20-10-8-17(16-21(20)29-2)9-11-22(26)24-19-12-14-25(15-13-19)23(27)18-6-4-3-5-7-18/h3-8,10,16,19H,9,11-15H2,1-2H3,(H,24,26). The van der Waals surface area contributed by atoms with Crippen LogP contribution in [0.1, 0.15) is 35.2 Å². The molecule has 6 nitrogen and oxygen atoms in total. The summed E-state index contributed by atoms with van der Waals surface area (Å²) in [7, 11) is 3.20. The second kappa shape index (κ2) is 9.96. The van der Waals surface area contributed by atoms with Crippen molar-refractivity contribution in [1.29, 1.82) is 0 Å². The molecule has 154 valence electrons. The molecule has 0 saturated carbocycles. The first-order valence-electron chi connectivity index (χ1n) is 9.95. The van der Waals surface area contributed by atoms with E-state index in [0.717, 1.165) is 18.4 Å². The molecule has 1 aliphatic heterocycles. The van der Waals surface area contributed by atoms with Crippen molar-refractivity contribution >= 4 is 11.8 Å². The third-order valence-corrected chi connectivity index (χ3v) is 5.26. The fraction of sp³-hybridized carbons (Fsp3) is 0.391. The molecule has 0 radical (unpaired) electrons. The molecular weight excluding hydrogens is 368 g/mol. The van der Waals surface area contributed by atoms with Crippen molar-refractivity contribution < 1.29 is 19.1 Å². The lowest BCUT2D eigenvalue weighted by Crippen LogP contribution is -2.46. The first-order chi connectivity index (χ1) is 14.1. The maximum absolute atomic E-state index is 12.5. The molecule has 1 aliphatic rings. The Kier molecular flexibility index (Phi) is 7.11. The molecule has 0 spiro atoms. The summed E-state index contributed by atoms with van der Waals surface area (Å²) in [6, 6.07) is 15.1. The van der Waals surface area contributed by atoms with E-state index in [0.29, 0.717) is 43.0 Å². The second-order valence-electron chi connectivity index (χ2n) is 7.19. The Labute approximate surface area is 171 Å². The summed E-state index contributed by atoms with van der Waals surface area (Å²) < 4.78 is 10.5. The van der Waals surface area contributed by atoms with Gasteiger partial charge in [0, 0.05) is 31.1 Å². The van der Waals surface area contributed by atoms with Crippen LogP contribution in [0.3, 0.4) is 0 Å². The van der Waals surface area contributed by atoms with Crippen molar-refractivity contribution in [2.45, 2.75) is 31.7 Å². The van der Waals surface area contributed by atoms with Crippen LogP contribution in [0.2, 0.25) is 0 Å². The summed E-state index contributed by atoms with van der Waals surface area (Å²) in [6.45, 7) is 1.32. The molecule has 1 saturated heterocycles. The summed E-state index contributed by atoms with van der Waals surface area (Å²) in [5.41, 5.74) is 1.74. The Morgan fingerprint density at radius 2 is 1.69 bits per heavy atom. The van der Waals surface area contributed by atoms with Gasteiger partial charge in [-0.3, -0.25) is 9.59 Å². The largest absolute Gasteiger partial charge is 0.493 e. The smallest absolute Gasteiger partial charge is 0.253 e. The predicted molar refractivity (Wildman–Crippen MR) is 111 cm³/mol. The molecule has 3 rings (SSSR count). The van der Waals surface area contributed by atoms with Gasteiger partial charge in [-0.1, -0.05) is 24.3 Å². The minimum Gasteiger partial charge on any atom is -0.493 e. The zero-order valence-electron chi connectivity index (χ0n) is 17.0. The number of benzene rings is 2. The minimum absolute atomic E-state index is 0.0348. The quantitative estimate of drug-likeness (QED) is 0.781. The van der Waals surface area contributed by atoms with E-state index in [2.05, 4.69) is 5.32 Å². The number of carbonyl (C=O) groups is 2. The summed E-state index contributed by atoms with van der Waals surface area (Å²) in [4.78, 5) is 26.7. The molecular formula is C23H28N2O4. The Balaban J connectivity index is 1.43. The number of hydrogen-bond acceptors (Lipinski definition) is 4. The number of rotatable bonds is 7. The molecule has 1 N–H and O–H groups in total. The van der Waals surface area contributed by atoms with Gasteiger partial charge in [-0.05, 0) is 49.1 Å². The van der Waals surface area contributed by atoms with Gasteiger partial charge in [-0.25, -0.2) is 0 Å². The number of nitrogens with one attached hydrogen (secondary N) is 1. The van der Waals surface area contributed by atoms with Crippen molar-refractivity contribution in [3.8, 4) is 11.5 Å². The molecule has 29 heavy (non-hydrogen) atoms. The van der Waals surface area contributed by atoms with Crippen molar-refractivity contribution in [2.75, 3.05) is 27.3 Å². The molecule has 0 unspecified atom stereocenters. The van der Waals surface area contributed by atoms with Crippen LogP contribution in [-0.2, 0) is 11.2 Å². The number of nitrogens with zero attached hydrogens (tertiary/aromatic N) is 1. The van der Waals surface area contributed by atoms with Crippen LogP contribution in [0.25, 0.3) is 0 Å². The summed E-state index contributed by atoms with van der Waals surface area (Å²) in [6.07, 6.45) is 2.61. The van der Waals surface area contributed by atoms with Crippen LogP contribution >= 0.6 is 0 Å². The molecule has 1 heterocycles. The Hall–Kier alpha value is -3.02. The Morgan fingerprint density at radius 1 is 1.00 bits per heavy atom. The van der Waals surface area contributed by atoms with Crippen LogP contribution < -0.4 is 14.8 Å². The number of piperidine rings is 1. The highest BCUT2D eigenvalue weighted by atomic mass is 16.5. The van der Waals surface area contributed by atoms with Crippen molar-refractivity contribution in [1.82, 2.24) is 10.2 Å². The van der Waals surface area contributed by atoms with Gasteiger partial charge >= 0.3 is 0 Å². The van der Waals surface area contributed by atoms with Crippen molar-refractivity contribution in [2.24, 2.45) is 0 Å². The number of ether oxygens (including phenoxy) is 2. The Morgan fingerprint density at radius 3 is 2.34 bits per heavy atom. The molecule has 2 aromatic rings. The van der Waals surface area contributed by atoms with Gasteiger partial charge in [0.1, 0.15) is 0 Å². The van der Waals surface area contributed by atoms with Gasteiger partial charge in [-0.15, -0.1) is 0 Å². The monoisotopic (exact) mass is 396 g/mol. The van der Waals surface area contributed by atoms with Crippen molar-refractivity contribution in [3.63, 3.8) is 0 Å². The molecule has 1 fully saturated rings. The molecule has 2 aromatic carbocycles. The highest BCUT2D eigenvalue weighted by Crippen LogP contribution is 2.28. The third kappa shape index (κ3) is 5.50. The van der Waals surface area contributed by atoms with Crippen LogP contribution in [0.5, 0.6) is 11.5 Å². The zero-order valence-corrected chi connectivity index (χ0v) is 17.0. The topological polar surface area (TPSA) is 67.9 Å². The van der Waals surface area contributed by atoms with E-state index in [1.807, 2.05) is 53.4 Å². The normalized spacial score (nSPS) is 14.3. The number of carbonyl (C=O) groups excluding carboxylic acids is 2. The van der Waals surface area contributed by atoms with Gasteiger partial charge < -0.3 is 19.7 Å². The van der Waals surface area contributed by atoms with E-state index in [9.17, 15) is 9.59 Å². The van der Waals surface area contributed by atoms with Gasteiger partial charge in [0.2, 0.25) is 5.91 Å². The number of aryl methyl sites for hydroxylation is 1. The van der Waals surface area contributed by atoms with Crippen LogP contribution in [0, 0.1) is 0 Å². The lowest BCUT2D eigenvalue weighted by molar-refractivity contribution is -0.122. The SMILES string of the molecule is COc1ccc(CCC(=O)NC2CCN(C(=O)c3ccccc3)CC2)cc1OC. The third-order valence-electron chi connectivity index (χ3n) is 5.26. The van der Waals surface area contributed by atoms with E-state index < -0.39 is 0 Å². The van der Waals surface area contributed by atoms with Crippen LogP contribution in [-0.4, -0.2) is 50.1 Å². The maximum Gasteiger partial charge on any atom is 0.253 e. The van der Waals surface area contributed by atoms with Gasteiger partial charge in [0.25, 0.3) is 5.91 Å². The highest BCUT2D eigenvalue weighted by molar-refractivity contribution is 5.94. The van der Waals surface area contributed by atoms with E-state index in [1.165, 1.54) is 0 Å². The van der Waals surface area contributed by atoms with Crippen LogP contribution in [0.4, 0.5) is 0 Å². The van der Waals surface area contributed by atoms with Gasteiger partial charge in [0.05, 0.1) is 14.2 Å². The van der Waals surface area contributed by atoms with Gasteiger partial charge in [-0.2, -0.15) is 0 Å². The average Bonchev–Trinajstić information content (AvgIpc) is 2.78. The van der Waals surface area contributed by atoms with E-state index in [-0.39, 0.29) is 17.9 Å². The number of hydrogen-bond donors (Lipinski definition) is 1. The fourth-order valence-corrected chi connectivity index (χ4v) is 3.58. The van der Waals surface area contributed by atoms with Crippen molar-refractivity contribution in [3.05, 3.63) is 59.7 Å². The summed E-state index contributed by atoms with van der Waals surface area (Å²) in [5, 5.41) is 3.11.